The van der Waals surface area contributed by atoms with Gasteiger partial charge in [-0.1, -0.05) is 152 Å². The van der Waals surface area contributed by atoms with Crippen molar-refractivity contribution in [2.75, 3.05) is 4.90 Å². The van der Waals surface area contributed by atoms with Gasteiger partial charge in [-0.15, -0.1) is 11.3 Å². The summed E-state index contributed by atoms with van der Waals surface area (Å²) in [7, 11) is 0. The minimum Gasteiger partial charge on any atom is -0.456 e. The molecular weight excluding hydrogens is 687 g/mol. The van der Waals surface area contributed by atoms with Crippen molar-refractivity contribution in [3.63, 3.8) is 0 Å². The number of nitrogens with zero attached hydrogens (tertiary/aromatic N) is 1. The van der Waals surface area contributed by atoms with Gasteiger partial charge in [0.1, 0.15) is 11.2 Å². The van der Waals surface area contributed by atoms with E-state index in [9.17, 15) is 0 Å². The van der Waals surface area contributed by atoms with Crippen molar-refractivity contribution in [3.05, 3.63) is 200 Å². The predicted octanol–water partition coefficient (Wildman–Crippen LogP) is 15.6. The molecule has 3 heteroatoms. The Kier molecular flexibility index (Phi) is 7.39. The van der Waals surface area contributed by atoms with Crippen LogP contribution in [0.5, 0.6) is 0 Å². The molecule has 0 saturated carbocycles. The summed E-state index contributed by atoms with van der Waals surface area (Å²) in [5.74, 6) is 0. The van der Waals surface area contributed by atoms with E-state index in [4.69, 9.17) is 4.42 Å². The SMILES string of the molecule is c1ccc(-c2cccc3cccc(-c4ccccc4N(c4ccc(-c5cccc6c5sc5ccccc56)cc4)c4ccc5c(c4)oc4ccccc45)c23)cc1. The van der Waals surface area contributed by atoms with Crippen molar-refractivity contribution in [2.24, 2.45) is 0 Å². The molecule has 2 nitrogen and oxygen atoms in total. The Morgan fingerprint density at radius 1 is 0.382 bits per heavy atom. The summed E-state index contributed by atoms with van der Waals surface area (Å²) >= 11 is 1.87. The Balaban J connectivity index is 1.12. The molecule has 9 aromatic carbocycles. The average Bonchev–Trinajstić information content (AvgIpc) is 3.82. The van der Waals surface area contributed by atoms with Gasteiger partial charge >= 0.3 is 0 Å². The highest BCUT2D eigenvalue weighted by Gasteiger charge is 2.21. The summed E-state index contributed by atoms with van der Waals surface area (Å²) in [6.07, 6.45) is 0. The average molecular weight is 720 g/mol. The topological polar surface area (TPSA) is 16.4 Å². The van der Waals surface area contributed by atoms with Crippen molar-refractivity contribution in [3.8, 4) is 33.4 Å². The number of fused-ring (bicyclic) bond motifs is 7. The van der Waals surface area contributed by atoms with E-state index in [1.165, 1.54) is 58.8 Å². The van der Waals surface area contributed by atoms with Gasteiger partial charge in [0.05, 0.1) is 5.69 Å². The molecule has 0 aliphatic carbocycles. The summed E-state index contributed by atoms with van der Waals surface area (Å²) < 4.78 is 9.10. The summed E-state index contributed by atoms with van der Waals surface area (Å²) in [4.78, 5) is 2.38. The fourth-order valence-electron chi connectivity index (χ4n) is 8.37. The van der Waals surface area contributed by atoms with E-state index in [1.54, 1.807) is 0 Å². The highest BCUT2D eigenvalue weighted by atomic mass is 32.1. The Hall–Kier alpha value is -6.94. The summed E-state index contributed by atoms with van der Waals surface area (Å²) in [5.41, 5.74) is 12.2. The van der Waals surface area contributed by atoms with Gasteiger partial charge < -0.3 is 9.32 Å². The number of rotatable bonds is 6. The highest BCUT2D eigenvalue weighted by Crippen LogP contribution is 2.46. The van der Waals surface area contributed by atoms with Crippen LogP contribution in [0.4, 0.5) is 17.1 Å². The highest BCUT2D eigenvalue weighted by molar-refractivity contribution is 7.26. The van der Waals surface area contributed by atoms with Gasteiger partial charge in [0.2, 0.25) is 0 Å². The first kappa shape index (κ1) is 31.6. The molecule has 0 N–H and O–H groups in total. The molecule has 11 rings (SSSR count). The lowest BCUT2D eigenvalue weighted by Crippen LogP contribution is -2.11. The number of benzene rings is 9. The van der Waals surface area contributed by atoms with Crippen LogP contribution in [0.1, 0.15) is 0 Å². The second-order valence-electron chi connectivity index (χ2n) is 14.0. The van der Waals surface area contributed by atoms with Gasteiger partial charge in [-0.3, -0.25) is 0 Å². The smallest absolute Gasteiger partial charge is 0.137 e. The van der Waals surface area contributed by atoms with Gasteiger partial charge in [0.25, 0.3) is 0 Å². The minimum absolute atomic E-state index is 0.866. The Morgan fingerprint density at radius 3 is 1.87 bits per heavy atom. The first-order valence-corrected chi connectivity index (χ1v) is 19.5. The molecule has 2 heterocycles. The van der Waals surface area contributed by atoms with Crippen LogP contribution in [0.3, 0.4) is 0 Å². The van der Waals surface area contributed by atoms with Crippen LogP contribution in [0.15, 0.2) is 205 Å². The van der Waals surface area contributed by atoms with Gasteiger partial charge in [-0.05, 0) is 81.1 Å². The zero-order chi connectivity index (χ0) is 36.3. The predicted molar refractivity (Wildman–Crippen MR) is 235 cm³/mol. The number of hydrogen-bond donors (Lipinski definition) is 0. The van der Waals surface area contributed by atoms with E-state index in [-0.39, 0.29) is 0 Å². The molecule has 0 atom stereocenters. The first-order chi connectivity index (χ1) is 27.3. The molecule has 0 aliphatic rings. The molecule has 0 bridgehead atoms. The van der Waals surface area contributed by atoms with E-state index in [0.717, 1.165) is 44.6 Å². The van der Waals surface area contributed by atoms with Crippen molar-refractivity contribution in [2.45, 2.75) is 0 Å². The number of hydrogen-bond acceptors (Lipinski definition) is 3. The zero-order valence-corrected chi connectivity index (χ0v) is 30.6. The molecule has 0 aliphatic heterocycles. The third-order valence-corrected chi connectivity index (χ3v) is 12.1. The van der Waals surface area contributed by atoms with Crippen LogP contribution in [0, 0.1) is 0 Å². The van der Waals surface area contributed by atoms with E-state index >= 15 is 0 Å². The molecule has 55 heavy (non-hydrogen) atoms. The molecule has 0 amide bonds. The maximum atomic E-state index is 6.47. The summed E-state index contributed by atoms with van der Waals surface area (Å²) in [5, 5.41) is 7.31. The van der Waals surface area contributed by atoms with E-state index in [2.05, 4.69) is 193 Å². The van der Waals surface area contributed by atoms with Gasteiger partial charge in [-0.25, -0.2) is 0 Å². The lowest BCUT2D eigenvalue weighted by Gasteiger charge is -2.28. The molecule has 0 fully saturated rings. The second-order valence-corrected chi connectivity index (χ2v) is 15.1. The molecular formula is C52H33NOS. The Morgan fingerprint density at radius 2 is 1.00 bits per heavy atom. The van der Waals surface area contributed by atoms with Crippen LogP contribution in [0.25, 0.3) is 86.3 Å². The van der Waals surface area contributed by atoms with E-state index in [1.807, 2.05) is 23.5 Å². The second kappa shape index (κ2) is 12.9. The molecule has 0 unspecified atom stereocenters. The fourth-order valence-corrected chi connectivity index (χ4v) is 9.60. The van der Waals surface area contributed by atoms with Crippen LogP contribution >= 0.6 is 11.3 Å². The van der Waals surface area contributed by atoms with E-state index in [0.29, 0.717) is 0 Å². The molecule has 0 spiro atoms. The largest absolute Gasteiger partial charge is 0.456 e. The van der Waals surface area contributed by atoms with Crippen molar-refractivity contribution < 1.29 is 4.42 Å². The van der Waals surface area contributed by atoms with Gasteiger partial charge in [0, 0.05) is 53.9 Å². The minimum atomic E-state index is 0.866. The Labute approximate surface area is 322 Å². The first-order valence-electron chi connectivity index (χ1n) is 18.7. The van der Waals surface area contributed by atoms with E-state index < -0.39 is 0 Å². The van der Waals surface area contributed by atoms with Crippen LogP contribution in [-0.4, -0.2) is 0 Å². The van der Waals surface area contributed by atoms with Crippen LogP contribution in [-0.2, 0) is 0 Å². The molecule has 0 saturated heterocycles. The number of para-hydroxylation sites is 2. The summed E-state index contributed by atoms with van der Waals surface area (Å²) in [6.45, 7) is 0. The van der Waals surface area contributed by atoms with Crippen molar-refractivity contribution in [1.82, 2.24) is 0 Å². The lowest BCUT2D eigenvalue weighted by molar-refractivity contribution is 0.669. The molecule has 2 aromatic heterocycles. The number of furan rings is 1. The fraction of sp³-hybridized carbons (Fsp3) is 0. The number of thiophene rings is 1. The van der Waals surface area contributed by atoms with Crippen molar-refractivity contribution >= 4 is 81.3 Å². The maximum Gasteiger partial charge on any atom is 0.137 e. The third-order valence-electron chi connectivity index (χ3n) is 10.9. The van der Waals surface area contributed by atoms with Crippen LogP contribution < -0.4 is 4.90 Å². The lowest BCUT2D eigenvalue weighted by atomic mass is 9.90. The number of anilines is 3. The zero-order valence-electron chi connectivity index (χ0n) is 29.8. The third kappa shape index (κ3) is 5.24. The molecule has 11 aromatic rings. The quantitative estimate of drug-likeness (QED) is 0.170. The summed E-state index contributed by atoms with van der Waals surface area (Å²) in [6, 6.07) is 72.2. The van der Waals surface area contributed by atoms with Crippen LogP contribution in [0.2, 0.25) is 0 Å². The van der Waals surface area contributed by atoms with Gasteiger partial charge in [0.15, 0.2) is 0 Å². The monoisotopic (exact) mass is 719 g/mol. The Bertz CT molecular complexity index is 3200. The standard InChI is InChI=1S/C52H33NOS/c1-2-13-34(14-3-1)39-20-10-15-36-16-11-22-45(51(36)39)41-17-4-7-24-47(41)53(38-31-32-43-42-18-5-8-25-48(42)54-49(43)33-38)37-29-27-35(28-30-37)40-21-12-23-46-44-19-6-9-26-50(44)55-52(40)46/h1-33H. The normalized spacial score (nSPS) is 11.6. The molecule has 0 radical (unpaired) electrons. The maximum absolute atomic E-state index is 6.47. The van der Waals surface area contributed by atoms with Crippen molar-refractivity contribution in [1.29, 1.82) is 0 Å². The molecule has 258 valence electrons. The van der Waals surface area contributed by atoms with Gasteiger partial charge in [-0.2, -0.15) is 0 Å².